The van der Waals surface area contributed by atoms with Gasteiger partial charge in [-0.15, -0.1) is 6.58 Å². The molecule has 0 radical (unpaired) electrons. The molecule has 194 valence electrons. The molecule has 3 rings (SSSR count). The zero-order valence-corrected chi connectivity index (χ0v) is 20.7. The van der Waals surface area contributed by atoms with E-state index >= 15 is 0 Å². The lowest BCUT2D eigenvalue weighted by molar-refractivity contribution is -0.0640. The summed E-state index contributed by atoms with van der Waals surface area (Å²) in [6, 6.07) is 7.18. The second-order valence-electron chi connectivity index (χ2n) is 8.28. The minimum absolute atomic E-state index is 0.291. The Bertz CT molecular complexity index is 1100. The van der Waals surface area contributed by atoms with Crippen molar-refractivity contribution in [1.82, 2.24) is 0 Å². The molecule has 2 aromatic rings. The van der Waals surface area contributed by atoms with Crippen LogP contribution < -0.4 is 24.7 Å². The molecule has 1 unspecified atom stereocenters. The quantitative estimate of drug-likeness (QED) is 0.231. The maximum atomic E-state index is 11.7. The molecular weight excluding hydrogens is 466 g/mol. The molecule has 9 nitrogen and oxygen atoms in total. The van der Waals surface area contributed by atoms with Gasteiger partial charge in [0, 0.05) is 24.0 Å². The van der Waals surface area contributed by atoms with Crippen LogP contribution in [0, 0.1) is 0 Å². The van der Waals surface area contributed by atoms with Gasteiger partial charge in [0.15, 0.2) is 0 Å². The third-order valence-electron chi connectivity index (χ3n) is 5.77. The molecule has 3 N–H and O–H groups in total. The summed E-state index contributed by atoms with van der Waals surface area (Å²) in [6.07, 6.45) is 3.33. The van der Waals surface area contributed by atoms with Crippen LogP contribution in [0.3, 0.4) is 0 Å². The van der Waals surface area contributed by atoms with E-state index in [1.54, 1.807) is 18.2 Å². The Balaban J connectivity index is 1.65. The molecule has 0 fully saturated rings. The van der Waals surface area contributed by atoms with E-state index in [0.717, 1.165) is 24.0 Å². The number of carbonyl (C=O) groups excluding carboxylic acids is 1. The Morgan fingerprint density at radius 2 is 1.86 bits per heavy atom. The van der Waals surface area contributed by atoms with Gasteiger partial charge in [0.2, 0.25) is 6.29 Å². The SMILES string of the molecule is C=CCc1c(OCCCOc2ccc3c(c2CCC)OC(OC(=O)O)CC3)ccc(C(N)=O)c1OC. The number of carbonyl (C=O) groups is 2. The largest absolute Gasteiger partial charge is 0.508 e. The summed E-state index contributed by atoms with van der Waals surface area (Å²) in [5.41, 5.74) is 8.39. The second-order valence-corrected chi connectivity index (χ2v) is 8.28. The Morgan fingerprint density at radius 3 is 2.47 bits per heavy atom. The van der Waals surface area contributed by atoms with Crippen molar-refractivity contribution in [3.63, 3.8) is 0 Å². The van der Waals surface area contributed by atoms with Crippen LogP contribution >= 0.6 is 0 Å². The molecule has 2 aromatic carbocycles. The van der Waals surface area contributed by atoms with E-state index in [9.17, 15) is 9.59 Å². The van der Waals surface area contributed by atoms with Crippen molar-refractivity contribution < 1.29 is 38.4 Å². The Hall–Kier alpha value is -3.88. The van der Waals surface area contributed by atoms with Crippen LogP contribution in [0.5, 0.6) is 23.0 Å². The molecule has 0 saturated heterocycles. The highest BCUT2D eigenvalue weighted by Crippen LogP contribution is 2.38. The molecule has 0 aromatic heterocycles. The van der Waals surface area contributed by atoms with Gasteiger partial charge in [0.1, 0.15) is 23.0 Å². The Morgan fingerprint density at radius 1 is 1.17 bits per heavy atom. The summed E-state index contributed by atoms with van der Waals surface area (Å²) in [7, 11) is 1.48. The maximum absolute atomic E-state index is 11.7. The van der Waals surface area contributed by atoms with Gasteiger partial charge in [-0.05, 0) is 43.0 Å². The smallest absolute Gasteiger partial charge is 0.495 e. The minimum atomic E-state index is -1.36. The molecule has 36 heavy (non-hydrogen) atoms. The summed E-state index contributed by atoms with van der Waals surface area (Å²) in [5, 5.41) is 8.93. The van der Waals surface area contributed by atoms with Crippen LogP contribution in [0.2, 0.25) is 0 Å². The number of allylic oxidation sites excluding steroid dienone is 1. The number of fused-ring (bicyclic) bond motifs is 1. The standard InChI is InChI=1S/C27H33NO8/c1-4-7-18-21(12-9-17-10-14-23(35-24(17)18)36-27(30)31)33-15-6-16-34-22-13-11-20(26(28)29)25(32-3)19(22)8-5-2/h5,9,11-13,23H,2,4,6-8,10,14-16H2,1,3H3,(H2,28,29)(H,30,31). The number of rotatable bonds is 13. The lowest BCUT2D eigenvalue weighted by atomic mass is 9.98. The van der Waals surface area contributed by atoms with Crippen LogP contribution in [0.25, 0.3) is 0 Å². The van der Waals surface area contributed by atoms with Crippen molar-refractivity contribution in [3.8, 4) is 23.0 Å². The average molecular weight is 500 g/mol. The summed E-state index contributed by atoms with van der Waals surface area (Å²) >= 11 is 0. The minimum Gasteiger partial charge on any atom is -0.495 e. The first-order valence-corrected chi connectivity index (χ1v) is 12.0. The highest BCUT2D eigenvalue weighted by atomic mass is 16.8. The maximum Gasteiger partial charge on any atom is 0.508 e. The lowest BCUT2D eigenvalue weighted by Gasteiger charge is -2.27. The van der Waals surface area contributed by atoms with E-state index in [2.05, 4.69) is 13.5 Å². The van der Waals surface area contributed by atoms with E-state index in [4.69, 9.17) is 34.5 Å². The number of nitrogens with two attached hydrogens (primary N) is 1. The summed E-state index contributed by atoms with van der Waals surface area (Å²) < 4.78 is 28.2. The molecule has 0 bridgehead atoms. The van der Waals surface area contributed by atoms with Gasteiger partial charge in [-0.1, -0.05) is 25.5 Å². The van der Waals surface area contributed by atoms with E-state index in [0.29, 0.717) is 73.0 Å². The van der Waals surface area contributed by atoms with Crippen molar-refractivity contribution in [2.45, 2.75) is 51.7 Å². The monoisotopic (exact) mass is 499 g/mol. The van der Waals surface area contributed by atoms with Crippen LogP contribution in [0.1, 0.15) is 53.2 Å². The van der Waals surface area contributed by atoms with Crippen LogP contribution in [0.4, 0.5) is 4.79 Å². The third-order valence-corrected chi connectivity index (χ3v) is 5.77. The summed E-state index contributed by atoms with van der Waals surface area (Å²) in [6.45, 7) is 6.61. The third kappa shape index (κ3) is 6.41. The fourth-order valence-corrected chi connectivity index (χ4v) is 4.22. The van der Waals surface area contributed by atoms with Crippen LogP contribution in [-0.4, -0.2) is 43.8 Å². The molecule has 1 amide bonds. The second kappa shape index (κ2) is 12.7. The van der Waals surface area contributed by atoms with E-state index in [1.807, 2.05) is 12.1 Å². The molecule has 0 spiro atoms. The van der Waals surface area contributed by atoms with Gasteiger partial charge in [0.25, 0.3) is 5.91 Å². The van der Waals surface area contributed by atoms with Crippen LogP contribution in [0.15, 0.2) is 36.9 Å². The topological polar surface area (TPSA) is 127 Å². The molecule has 1 heterocycles. The number of hydrogen-bond acceptors (Lipinski definition) is 7. The highest BCUT2D eigenvalue weighted by molar-refractivity contribution is 5.96. The first-order chi connectivity index (χ1) is 17.4. The Kier molecular flexibility index (Phi) is 9.44. The van der Waals surface area contributed by atoms with E-state index < -0.39 is 18.4 Å². The molecule has 1 aliphatic heterocycles. The summed E-state index contributed by atoms with van der Waals surface area (Å²) in [5.74, 6) is 1.76. The summed E-state index contributed by atoms with van der Waals surface area (Å²) in [4.78, 5) is 22.7. The molecule has 1 aliphatic rings. The number of methoxy groups -OCH3 is 1. The molecule has 0 saturated carbocycles. The molecule has 0 aliphatic carbocycles. The molecular formula is C27H33NO8. The van der Waals surface area contributed by atoms with Gasteiger partial charge < -0.3 is 34.5 Å². The van der Waals surface area contributed by atoms with Gasteiger partial charge in [-0.3, -0.25) is 4.79 Å². The number of carboxylic acid groups (broad SMARTS) is 1. The fourth-order valence-electron chi connectivity index (χ4n) is 4.22. The number of amides is 1. The first-order valence-electron chi connectivity index (χ1n) is 12.0. The molecule has 9 heteroatoms. The van der Waals surface area contributed by atoms with Gasteiger partial charge >= 0.3 is 6.16 Å². The lowest BCUT2D eigenvalue weighted by Crippen LogP contribution is -2.28. The highest BCUT2D eigenvalue weighted by Gasteiger charge is 2.26. The Labute approximate surface area is 210 Å². The average Bonchev–Trinajstić information content (AvgIpc) is 2.85. The number of aryl methyl sites for hydroxylation is 1. The number of benzene rings is 2. The number of ether oxygens (including phenoxy) is 5. The number of primary amides is 1. The zero-order chi connectivity index (χ0) is 26.1. The first kappa shape index (κ1) is 26.7. The van der Waals surface area contributed by atoms with Crippen molar-refractivity contribution in [2.75, 3.05) is 20.3 Å². The zero-order valence-electron chi connectivity index (χ0n) is 20.7. The fraction of sp³-hybridized carbons (Fsp3) is 0.407. The van der Waals surface area contributed by atoms with E-state index in [-0.39, 0.29) is 0 Å². The van der Waals surface area contributed by atoms with Crippen molar-refractivity contribution in [1.29, 1.82) is 0 Å². The van der Waals surface area contributed by atoms with Crippen molar-refractivity contribution in [2.24, 2.45) is 5.73 Å². The van der Waals surface area contributed by atoms with Crippen molar-refractivity contribution in [3.05, 3.63) is 59.2 Å². The predicted octanol–water partition coefficient (Wildman–Crippen LogP) is 4.67. The normalized spacial score (nSPS) is 14.2. The number of hydrogen-bond donors (Lipinski definition) is 2. The van der Waals surface area contributed by atoms with Gasteiger partial charge in [-0.25, -0.2) is 4.79 Å². The molecule has 1 atom stereocenters. The van der Waals surface area contributed by atoms with Gasteiger partial charge in [-0.2, -0.15) is 0 Å². The van der Waals surface area contributed by atoms with Gasteiger partial charge in [0.05, 0.1) is 25.9 Å². The van der Waals surface area contributed by atoms with Crippen molar-refractivity contribution >= 4 is 12.1 Å². The van der Waals surface area contributed by atoms with E-state index in [1.165, 1.54) is 7.11 Å². The van der Waals surface area contributed by atoms with Crippen LogP contribution in [-0.2, 0) is 24.0 Å². The predicted molar refractivity (Wildman–Crippen MR) is 133 cm³/mol.